The summed E-state index contributed by atoms with van der Waals surface area (Å²) < 4.78 is 23.4. The molecule has 0 spiro atoms. The summed E-state index contributed by atoms with van der Waals surface area (Å²) in [5.41, 5.74) is 3.31. The monoisotopic (exact) mass is 530 g/mol. The van der Waals surface area contributed by atoms with Crippen LogP contribution in [0.25, 0.3) is 0 Å². The third-order valence-electron chi connectivity index (χ3n) is 4.23. The first-order valence-corrected chi connectivity index (χ1v) is 10.7. The van der Waals surface area contributed by atoms with Crippen LogP contribution in [-0.4, -0.2) is 40.6 Å². The fourth-order valence-corrected chi connectivity index (χ4v) is 3.71. The van der Waals surface area contributed by atoms with Gasteiger partial charge in [-0.2, -0.15) is 0 Å². The van der Waals surface area contributed by atoms with Gasteiger partial charge in [0.15, 0.2) is 15.8 Å². The largest absolute Gasteiger partial charge is 0.355 e. The van der Waals surface area contributed by atoms with E-state index in [2.05, 4.69) is 20.9 Å². The van der Waals surface area contributed by atoms with Crippen molar-refractivity contribution in [2.24, 2.45) is 4.99 Å². The van der Waals surface area contributed by atoms with Gasteiger partial charge in [0.25, 0.3) is 5.91 Å². The van der Waals surface area contributed by atoms with E-state index >= 15 is 0 Å². The molecule has 2 rings (SSSR count). The van der Waals surface area contributed by atoms with Gasteiger partial charge in [0, 0.05) is 39.0 Å². The number of benzene rings is 2. The number of carbonyl (C=O) groups is 1. The number of sulfone groups is 1. The molecule has 0 unspecified atom stereocenters. The van der Waals surface area contributed by atoms with E-state index < -0.39 is 9.84 Å². The Bertz CT molecular complexity index is 974. The predicted molar refractivity (Wildman–Crippen MR) is 127 cm³/mol. The van der Waals surface area contributed by atoms with Gasteiger partial charge in [0.1, 0.15) is 0 Å². The SMILES string of the molecule is CN=C(NCc1ccc(C(=O)NC)cc1)NCc1ccc(S(C)(=O)=O)c(C)c1.I. The van der Waals surface area contributed by atoms with Crippen molar-refractivity contribution >= 4 is 45.7 Å². The highest BCUT2D eigenvalue weighted by Crippen LogP contribution is 2.16. The van der Waals surface area contributed by atoms with Gasteiger partial charge in [0.05, 0.1) is 4.90 Å². The number of nitrogens with zero attached hydrogens (tertiary/aromatic N) is 1. The van der Waals surface area contributed by atoms with Gasteiger partial charge in [-0.1, -0.05) is 24.3 Å². The lowest BCUT2D eigenvalue weighted by molar-refractivity contribution is 0.0963. The van der Waals surface area contributed by atoms with E-state index in [4.69, 9.17) is 0 Å². The molecule has 2 aromatic carbocycles. The molecule has 0 fully saturated rings. The number of aliphatic imine (C=N–C) groups is 1. The first-order chi connectivity index (χ1) is 13.2. The van der Waals surface area contributed by atoms with Crippen LogP contribution in [0.2, 0.25) is 0 Å². The molecule has 0 saturated carbocycles. The van der Waals surface area contributed by atoms with Gasteiger partial charge in [-0.3, -0.25) is 9.79 Å². The molecular formula is C20H27IN4O3S. The minimum Gasteiger partial charge on any atom is -0.355 e. The predicted octanol–water partition coefficient (Wildman–Crippen LogP) is 2.24. The lowest BCUT2D eigenvalue weighted by Gasteiger charge is -2.13. The van der Waals surface area contributed by atoms with Gasteiger partial charge in [-0.15, -0.1) is 24.0 Å². The number of nitrogens with one attached hydrogen (secondary N) is 3. The Morgan fingerprint density at radius 2 is 1.55 bits per heavy atom. The molecule has 0 aliphatic heterocycles. The average molecular weight is 530 g/mol. The van der Waals surface area contributed by atoms with Gasteiger partial charge >= 0.3 is 0 Å². The van der Waals surface area contributed by atoms with Crippen LogP contribution in [0.1, 0.15) is 27.0 Å². The summed E-state index contributed by atoms with van der Waals surface area (Å²) in [4.78, 5) is 16.1. The molecule has 0 heterocycles. The number of hydrogen-bond acceptors (Lipinski definition) is 4. The maximum atomic E-state index is 11.7. The molecule has 1 amide bonds. The van der Waals surface area contributed by atoms with E-state index in [1.165, 1.54) is 6.26 Å². The molecule has 0 atom stereocenters. The summed E-state index contributed by atoms with van der Waals surface area (Å²) in [7, 11) is 0.0662. The Balaban J connectivity index is 0.00000420. The maximum absolute atomic E-state index is 11.7. The molecule has 7 nitrogen and oxygen atoms in total. The molecule has 9 heteroatoms. The van der Waals surface area contributed by atoms with Gasteiger partial charge in [-0.05, 0) is 41.8 Å². The molecule has 158 valence electrons. The minimum atomic E-state index is -3.22. The zero-order valence-electron chi connectivity index (χ0n) is 16.9. The van der Waals surface area contributed by atoms with Crippen molar-refractivity contribution in [3.63, 3.8) is 0 Å². The minimum absolute atomic E-state index is 0. The lowest BCUT2D eigenvalue weighted by Crippen LogP contribution is -2.36. The summed E-state index contributed by atoms with van der Waals surface area (Å²) in [5, 5.41) is 9.01. The van der Waals surface area contributed by atoms with Crippen LogP contribution in [-0.2, 0) is 22.9 Å². The molecule has 0 aliphatic carbocycles. The topological polar surface area (TPSA) is 99.7 Å². The quantitative estimate of drug-likeness (QED) is 0.302. The second-order valence-corrected chi connectivity index (χ2v) is 8.41. The van der Waals surface area contributed by atoms with Crippen LogP contribution >= 0.6 is 24.0 Å². The fraction of sp³-hybridized carbons (Fsp3) is 0.300. The Morgan fingerprint density at radius 3 is 2.03 bits per heavy atom. The van der Waals surface area contributed by atoms with Crippen LogP contribution < -0.4 is 16.0 Å². The van der Waals surface area contributed by atoms with Crippen LogP contribution in [0.3, 0.4) is 0 Å². The van der Waals surface area contributed by atoms with E-state index in [-0.39, 0.29) is 29.9 Å². The fourth-order valence-electron chi connectivity index (χ4n) is 2.75. The summed E-state index contributed by atoms with van der Waals surface area (Å²) in [5.74, 6) is 0.509. The van der Waals surface area contributed by atoms with Gasteiger partial charge in [-0.25, -0.2) is 8.42 Å². The standard InChI is InChI=1S/C20H26N4O3S.HI/c1-14-11-16(7-10-18(14)28(4,26)27)13-24-20(22-3)23-12-15-5-8-17(9-6-15)19(25)21-2;/h5-11H,12-13H2,1-4H3,(H,21,25)(H2,22,23,24);1H. The third kappa shape index (κ3) is 7.32. The molecule has 3 N–H and O–H groups in total. The number of amides is 1. The second-order valence-electron chi connectivity index (χ2n) is 6.43. The highest BCUT2D eigenvalue weighted by Gasteiger charge is 2.11. The summed E-state index contributed by atoms with van der Waals surface area (Å²) >= 11 is 0. The number of aryl methyl sites for hydroxylation is 1. The van der Waals surface area contributed by atoms with Crippen molar-refractivity contribution in [1.82, 2.24) is 16.0 Å². The van der Waals surface area contributed by atoms with E-state index in [9.17, 15) is 13.2 Å². The molecule has 0 saturated heterocycles. The first-order valence-electron chi connectivity index (χ1n) is 8.79. The van der Waals surface area contributed by atoms with Crippen molar-refractivity contribution in [3.8, 4) is 0 Å². The smallest absolute Gasteiger partial charge is 0.251 e. The first kappa shape index (κ1) is 24.9. The Hall–Kier alpha value is -2.14. The number of hydrogen-bond donors (Lipinski definition) is 3. The van der Waals surface area contributed by atoms with Crippen LogP contribution in [0, 0.1) is 6.92 Å². The number of carbonyl (C=O) groups excluding carboxylic acids is 1. The van der Waals surface area contributed by atoms with Crippen LogP contribution in [0.15, 0.2) is 52.4 Å². The number of guanidine groups is 1. The molecule has 29 heavy (non-hydrogen) atoms. The molecule has 0 radical (unpaired) electrons. The van der Waals surface area contributed by atoms with E-state index in [0.717, 1.165) is 16.7 Å². The Morgan fingerprint density at radius 1 is 1.00 bits per heavy atom. The molecule has 2 aromatic rings. The van der Waals surface area contributed by atoms with E-state index in [0.29, 0.717) is 29.5 Å². The number of rotatable bonds is 6. The van der Waals surface area contributed by atoms with E-state index in [1.54, 1.807) is 45.3 Å². The summed E-state index contributed by atoms with van der Waals surface area (Å²) in [6.07, 6.45) is 1.21. The highest BCUT2D eigenvalue weighted by molar-refractivity contribution is 14.0. The van der Waals surface area contributed by atoms with E-state index in [1.807, 2.05) is 18.2 Å². The molecular weight excluding hydrogens is 503 g/mol. The molecule has 0 aromatic heterocycles. The summed E-state index contributed by atoms with van der Waals surface area (Å²) in [6, 6.07) is 12.6. The van der Waals surface area contributed by atoms with Crippen molar-refractivity contribution in [3.05, 3.63) is 64.7 Å². The maximum Gasteiger partial charge on any atom is 0.251 e. The Labute approximate surface area is 189 Å². The third-order valence-corrected chi connectivity index (χ3v) is 5.48. The average Bonchev–Trinajstić information content (AvgIpc) is 2.67. The van der Waals surface area contributed by atoms with Crippen LogP contribution in [0.4, 0.5) is 0 Å². The molecule has 0 aliphatic rings. The van der Waals surface area contributed by atoms with Crippen LogP contribution in [0.5, 0.6) is 0 Å². The van der Waals surface area contributed by atoms with Crippen molar-refractivity contribution < 1.29 is 13.2 Å². The zero-order chi connectivity index (χ0) is 20.7. The normalized spacial score (nSPS) is 11.4. The van der Waals surface area contributed by atoms with Crippen molar-refractivity contribution in [2.75, 3.05) is 20.4 Å². The highest BCUT2D eigenvalue weighted by atomic mass is 127. The Kier molecular flexibility index (Phi) is 9.57. The molecule has 0 bridgehead atoms. The van der Waals surface area contributed by atoms with Crippen molar-refractivity contribution in [2.45, 2.75) is 24.9 Å². The van der Waals surface area contributed by atoms with Crippen molar-refractivity contribution in [1.29, 1.82) is 0 Å². The zero-order valence-corrected chi connectivity index (χ0v) is 20.1. The van der Waals surface area contributed by atoms with Gasteiger partial charge in [0.2, 0.25) is 0 Å². The van der Waals surface area contributed by atoms with Gasteiger partial charge < -0.3 is 16.0 Å². The lowest BCUT2D eigenvalue weighted by atomic mass is 10.1. The number of halogens is 1. The second kappa shape index (κ2) is 11.1. The summed E-state index contributed by atoms with van der Waals surface area (Å²) in [6.45, 7) is 2.86.